The highest BCUT2D eigenvalue weighted by atomic mass is 16.2. The van der Waals surface area contributed by atoms with Crippen molar-refractivity contribution in [1.29, 1.82) is 0 Å². The van der Waals surface area contributed by atoms with Gasteiger partial charge in [-0.1, -0.05) is 24.3 Å². The minimum Gasteiger partial charge on any atom is -0.335 e. The third-order valence-corrected chi connectivity index (χ3v) is 2.46. The van der Waals surface area contributed by atoms with Crippen molar-refractivity contribution in [3.63, 3.8) is 0 Å². The number of amides is 2. The van der Waals surface area contributed by atoms with Crippen LogP contribution in [0.5, 0.6) is 0 Å². The number of rotatable bonds is 4. The minimum atomic E-state index is -0.236. The topological polar surface area (TPSA) is 61.0 Å². The van der Waals surface area contributed by atoms with Crippen molar-refractivity contribution in [1.82, 2.24) is 5.32 Å². The van der Waals surface area contributed by atoms with Crippen molar-refractivity contribution in [3.05, 3.63) is 35.9 Å². The normalized spacial score (nSPS) is 14.9. The lowest BCUT2D eigenvalue weighted by atomic mass is 10.2. The Labute approximate surface area is 100 Å². The van der Waals surface area contributed by atoms with Gasteiger partial charge in [0, 0.05) is 11.7 Å². The number of carbonyl (C=O) groups is 1. The first kappa shape index (κ1) is 11.7. The van der Waals surface area contributed by atoms with Gasteiger partial charge in [-0.25, -0.2) is 9.90 Å². The monoisotopic (exact) mass is 231 g/mol. The van der Waals surface area contributed by atoms with Gasteiger partial charge in [-0.05, 0) is 30.5 Å². The zero-order valence-electron chi connectivity index (χ0n) is 9.48. The van der Waals surface area contributed by atoms with Crippen molar-refractivity contribution in [2.75, 3.05) is 11.9 Å². The van der Waals surface area contributed by atoms with Crippen LogP contribution in [0.3, 0.4) is 0 Å². The average molecular weight is 231 g/mol. The Morgan fingerprint density at radius 2 is 2.24 bits per heavy atom. The zero-order chi connectivity index (χ0) is 12.1. The molecule has 2 amide bonds. The van der Waals surface area contributed by atoms with Crippen molar-refractivity contribution in [2.45, 2.75) is 18.9 Å². The molecule has 1 aliphatic rings. The molecule has 0 heterocycles. The average Bonchev–Trinajstić information content (AvgIpc) is 3.10. The van der Waals surface area contributed by atoms with E-state index >= 15 is 0 Å². The minimum absolute atomic E-state index is 0.169. The maximum Gasteiger partial charge on any atom is 0.319 e. The van der Waals surface area contributed by atoms with E-state index in [1.807, 2.05) is 24.3 Å². The Morgan fingerprint density at radius 3 is 2.94 bits per heavy atom. The first-order chi connectivity index (χ1) is 8.28. The lowest BCUT2D eigenvalue weighted by molar-refractivity contribution is 0.233. The van der Waals surface area contributed by atoms with Gasteiger partial charge in [-0.2, -0.15) is 0 Å². The van der Waals surface area contributed by atoms with E-state index in [0.29, 0.717) is 6.04 Å². The van der Waals surface area contributed by atoms with Gasteiger partial charge in [0.25, 0.3) is 0 Å². The summed E-state index contributed by atoms with van der Waals surface area (Å²) >= 11 is 0. The Bertz CT molecular complexity index is 425. The van der Waals surface area contributed by atoms with Crippen LogP contribution in [0.2, 0.25) is 0 Å². The summed E-state index contributed by atoms with van der Waals surface area (Å²) in [4.78, 5) is 11.5. The molecule has 2 rings (SSSR count). The molecule has 0 atom stereocenters. The highest BCUT2D eigenvalue weighted by Crippen LogP contribution is 2.19. The molecule has 1 radical (unpaired) electrons. The molecule has 4 nitrogen and oxygen atoms in total. The molecule has 0 bridgehead atoms. The van der Waals surface area contributed by atoms with E-state index in [-0.39, 0.29) is 12.6 Å². The van der Waals surface area contributed by atoms with Gasteiger partial charge in [0.1, 0.15) is 6.61 Å². The van der Waals surface area contributed by atoms with Crippen LogP contribution in [-0.2, 0) is 5.11 Å². The summed E-state index contributed by atoms with van der Waals surface area (Å²) in [6.07, 6.45) is 5.43. The Morgan fingerprint density at radius 1 is 1.41 bits per heavy atom. The molecule has 0 aromatic heterocycles. The highest BCUT2D eigenvalue weighted by molar-refractivity contribution is 5.89. The lowest BCUT2D eigenvalue weighted by Gasteiger charge is -2.06. The van der Waals surface area contributed by atoms with Crippen LogP contribution in [0.1, 0.15) is 18.4 Å². The first-order valence-corrected chi connectivity index (χ1v) is 5.70. The van der Waals surface area contributed by atoms with Crippen LogP contribution in [0.15, 0.2) is 30.3 Å². The van der Waals surface area contributed by atoms with Crippen LogP contribution in [-0.4, -0.2) is 18.7 Å². The van der Waals surface area contributed by atoms with Crippen molar-refractivity contribution in [3.8, 4) is 0 Å². The molecule has 1 aliphatic carbocycles. The molecule has 0 unspecified atom stereocenters. The van der Waals surface area contributed by atoms with Gasteiger partial charge >= 0.3 is 6.03 Å². The molecule has 4 heteroatoms. The van der Waals surface area contributed by atoms with Crippen molar-refractivity contribution >= 4 is 17.8 Å². The summed E-state index contributed by atoms with van der Waals surface area (Å²) in [6.45, 7) is -0.236. The lowest BCUT2D eigenvalue weighted by Crippen LogP contribution is -2.30. The number of benzene rings is 1. The largest absolute Gasteiger partial charge is 0.335 e. The predicted molar refractivity (Wildman–Crippen MR) is 66.2 cm³/mol. The zero-order valence-corrected chi connectivity index (χ0v) is 9.48. The third-order valence-electron chi connectivity index (χ3n) is 2.46. The molecule has 0 saturated heterocycles. The molecule has 1 fully saturated rings. The molecule has 1 saturated carbocycles. The summed E-state index contributed by atoms with van der Waals surface area (Å²) in [6, 6.07) is 7.56. The van der Waals surface area contributed by atoms with E-state index < -0.39 is 0 Å². The van der Waals surface area contributed by atoms with Crippen LogP contribution in [0, 0.1) is 0 Å². The number of hydrogen-bond donors (Lipinski definition) is 2. The first-order valence-electron chi connectivity index (χ1n) is 5.70. The van der Waals surface area contributed by atoms with Gasteiger partial charge in [0.2, 0.25) is 0 Å². The number of hydrogen-bond acceptors (Lipinski definition) is 1. The van der Waals surface area contributed by atoms with E-state index in [4.69, 9.17) is 0 Å². The van der Waals surface area contributed by atoms with E-state index in [2.05, 4.69) is 10.6 Å². The predicted octanol–water partition coefficient (Wildman–Crippen LogP) is 2.41. The molecule has 0 spiro atoms. The smallest absolute Gasteiger partial charge is 0.319 e. The van der Waals surface area contributed by atoms with Gasteiger partial charge in [0.15, 0.2) is 0 Å². The standard InChI is InChI=1S/C13H15N2O2/c16-8-2-4-10-3-1-5-12(9-10)15-13(17)14-11-6-7-11/h1-5,9,11H,6-8H2,(H2,14,15,17). The molecule has 1 aromatic carbocycles. The summed E-state index contributed by atoms with van der Waals surface area (Å²) in [5, 5.41) is 15.9. The van der Waals surface area contributed by atoms with Crippen LogP contribution in [0.4, 0.5) is 10.5 Å². The van der Waals surface area contributed by atoms with Crippen LogP contribution in [0.25, 0.3) is 6.08 Å². The second-order valence-corrected chi connectivity index (χ2v) is 4.07. The Balaban J connectivity index is 1.94. The van der Waals surface area contributed by atoms with Gasteiger partial charge in [-0.15, -0.1) is 0 Å². The second-order valence-electron chi connectivity index (χ2n) is 4.07. The van der Waals surface area contributed by atoms with Gasteiger partial charge in [0.05, 0.1) is 0 Å². The number of carbonyl (C=O) groups excluding carboxylic acids is 1. The molecule has 89 valence electrons. The second kappa shape index (κ2) is 5.50. The van der Waals surface area contributed by atoms with Gasteiger partial charge < -0.3 is 10.6 Å². The van der Waals surface area contributed by atoms with E-state index in [1.54, 1.807) is 12.2 Å². The summed E-state index contributed by atoms with van der Waals surface area (Å²) in [5.41, 5.74) is 1.64. The highest BCUT2D eigenvalue weighted by Gasteiger charge is 2.23. The molecule has 2 N–H and O–H groups in total. The van der Waals surface area contributed by atoms with Crippen molar-refractivity contribution < 1.29 is 9.90 Å². The molecular weight excluding hydrogens is 216 g/mol. The van der Waals surface area contributed by atoms with Gasteiger partial charge in [-0.3, -0.25) is 0 Å². The quantitative estimate of drug-likeness (QED) is 0.821. The number of anilines is 1. The maximum absolute atomic E-state index is 11.5. The fourth-order valence-electron chi connectivity index (χ4n) is 1.48. The summed E-state index contributed by atoms with van der Waals surface area (Å²) in [7, 11) is 0. The molecule has 0 aliphatic heterocycles. The van der Waals surface area contributed by atoms with E-state index in [0.717, 1.165) is 24.1 Å². The number of nitrogens with one attached hydrogen (secondary N) is 2. The SMILES string of the molecule is [O]CC=Cc1cccc(NC(=O)NC2CC2)c1. The maximum atomic E-state index is 11.5. The fourth-order valence-corrected chi connectivity index (χ4v) is 1.48. The fraction of sp³-hybridized carbons (Fsp3) is 0.308. The van der Waals surface area contributed by atoms with E-state index in [9.17, 15) is 9.90 Å². The molecule has 17 heavy (non-hydrogen) atoms. The third kappa shape index (κ3) is 3.92. The molecule has 1 aromatic rings. The molecular formula is C13H15N2O2. The summed E-state index contributed by atoms with van der Waals surface area (Å²) in [5.74, 6) is 0. The summed E-state index contributed by atoms with van der Waals surface area (Å²) < 4.78 is 0. The van der Waals surface area contributed by atoms with Crippen LogP contribution < -0.4 is 10.6 Å². The van der Waals surface area contributed by atoms with Crippen LogP contribution >= 0.6 is 0 Å². The Kier molecular flexibility index (Phi) is 3.77. The van der Waals surface area contributed by atoms with Crippen molar-refractivity contribution in [2.24, 2.45) is 0 Å². The number of urea groups is 1. The van der Waals surface area contributed by atoms with E-state index in [1.165, 1.54) is 0 Å². The Hall–Kier alpha value is -1.81.